The van der Waals surface area contributed by atoms with Gasteiger partial charge < -0.3 is 15.1 Å². The van der Waals surface area contributed by atoms with Crippen molar-refractivity contribution >= 4 is 11.9 Å². The Kier molecular flexibility index (Phi) is 5.17. The fourth-order valence-corrected chi connectivity index (χ4v) is 1.55. The lowest BCUT2D eigenvalue weighted by Gasteiger charge is -2.17. The minimum Gasteiger partial charge on any atom is -0.508 e. The number of hydrogen-bond acceptors (Lipinski definition) is 3. The quantitative estimate of drug-likeness (QED) is 0.805. The molecular weight excluding hydrogens is 234 g/mol. The maximum Gasteiger partial charge on any atom is 0.303 e. The van der Waals surface area contributed by atoms with Gasteiger partial charge in [0.1, 0.15) is 5.75 Å². The second-order valence-electron chi connectivity index (χ2n) is 4.16. The summed E-state index contributed by atoms with van der Waals surface area (Å²) in [5.74, 6) is -0.775. The lowest BCUT2D eigenvalue weighted by molar-refractivity contribution is -0.137. The van der Waals surface area contributed by atoms with E-state index in [4.69, 9.17) is 10.2 Å². The molecule has 0 aliphatic rings. The summed E-state index contributed by atoms with van der Waals surface area (Å²) in [4.78, 5) is 23.6. The number of carboxylic acid groups (broad SMARTS) is 1. The highest BCUT2D eigenvalue weighted by Gasteiger charge is 2.09. The van der Waals surface area contributed by atoms with Gasteiger partial charge in [0, 0.05) is 26.4 Å². The largest absolute Gasteiger partial charge is 0.508 e. The van der Waals surface area contributed by atoms with Crippen molar-refractivity contribution < 1.29 is 19.8 Å². The van der Waals surface area contributed by atoms with E-state index in [1.165, 1.54) is 0 Å². The molecule has 0 saturated heterocycles. The topological polar surface area (TPSA) is 77.8 Å². The van der Waals surface area contributed by atoms with Gasteiger partial charge >= 0.3 is 5.97 Å². The number of carboxylic acids is 1. The first-order chi connectivity index (χ1) is 8.49. The number of phenolic OH excluding ortho intramolecular Hbond substituents is 1. The Morgan fingerprint density at radius 2 is 1.78 bits per heavy atom. The molecule has 5 heteroatoms. The predicted octanol–water partition coefficient (Wildman–Crippen LogP) is 1.61. The molecule has 1 amide bonds. The summed E-state index contributed by atoms with van der Waals surface area (Å²) in [5.41, 5.74) is 0.918. The van der Waals surface area contributed by atoms with Crippen molar-refractivity contribution in [2.45, 2.75) is 25.8 Å². The van der Waals surface area contributed by atoms with E-state index in [0.29, 0.717) is 13.0 Å². The van der Waals surface area contributed by atoms with Crippen molar-refractivity contribution in [3.63, 3.8) is 0 Å². The first-order valence-electron chi connectivity index (χ1n) is 5.72. The Morgan fingerprint density at radius 1 is 1.17 bits per heavy atom. The summed E-state index contributed by atoms with van der Waals surface area (Å²) in [7, 11) is 1.68. The van der Waals surface area contributed by atoms with Gasteiger partial charge in [0.25, 0.3) is 0 Å². The van der Waals surface area contributed by atoms with E-state index < -0.39 is 5.97 Å². The normalized spacial score (nSPS) is 10.1. The molecule has 2 N–H and O–H groups in total. The van der Waals surface area contributed by atoms with Crippen molar-refractivity contribution in [3.05, 3.63) is 29.8 Å². The van der Waals surface area contributed by atoms with Crippen LogP contribution in [-0.2, 0) is 16.1 Å². The molecule has 18 heavy (non-hydrogen) atoms. The van der Waals surface area contributed by atoms with Crippen molar-refractivity contribution in [1.82, 2.24) is 4.90 Å². The fraction of sp³-hybridized carbons (Fsp3) is 0.385. The molecule has 0 aliphatic heterocycles. The Morgan fingerprint density at radius 3 is 2.33 bits per heavy atom. The summed E-state index contributed by atoms with van der Waals surface area (Å²) >= 11 is 0. The second kappa shape index (κ2) is 6.64. The molecule has 0 spiro atoms. The number of aliphatic carboxylic acids is 1. The third kappa shape index (κ3) is 4.86. The maximum absolute atomic E-state index is 11.7. The highest BCUT2D eigenvalue weighted by atomic mass is 16.4. The Balaban J connectivity index is 2.39. The molecule has 1 aromatic rings. The van der Waals surface area contributed by atoms with E-state index in [0.717, 1.165) is 5.56 Å². The molecule has 0 bridgehead atoms. The molecule has 1 rings (SSSR count). The van der Waals surface area contributed by atoms with Crippen molar-refractivity contribution in [2.24, 2.45) is 0 Å². The van der Waals surface area contributed by atoms with E-state index in [2.05, 4.69) is 0 Å². The molecule has 1 aromatic carbocycles. The van der Waals surface area contributed by atoms with Crippen LogP contribution in [0.2, 0.25) is 0 Å². The van der Waals surface area contributed by atoms with Gasteiger partial charge in [-0.1, -0.05) is 12.1 Å². The number of carbonyl (C=O) groups is 2. The van der Waals surface area contributed by atoms with Gasteiger partial charge in [-0.2, -0.15) is 0 Å². The molecule has 98 valence electrons. The van der Waals surface area contributed by atoms with Crippen LogP contribution in [0.1, 0.15) is 24.8 Å². The van der Waals surface area contributed by atoms with Gasteiger partial charge in [-0.3, -0.25) is 9.59 Å². The van der Waals surface area contributed by atoms with Crippen LogP contribution in [0.15, 0.2) is 24.3 Å². The number of nitrogens with zero attached hydrogens (tertiary/aromatic N) is 1. The van der Waals surface area contributed by atoms with Gasteiger partial charge in [-0.15, -0.1) is 0 Å². The highest BCUT2D eigenvalue weighted by Crippen LogP contribution is 2.11. The number of carbonyl (C=O) groups excluding carboxylic acids is 1. The molecule has 0 atom stereocenters. The van der Waals surface area contributed by atoms with E-state index in [1.807, 2.05) is 0 Å². The van der Waals surface area contributed by atoms with Crippen LogP contribution in [0, 0.1) is 0 Å². The van der Waals surface area contributed by atoms with E-state index >= 15 is 0 Å². The minimum absolute atomic E-state index is 0.0127. The van der Waals surface area contributed by atoms with Gasteiger partial charge in [0.2, 0.25) is 5.91 Å². The molecule has 0 aromatic heterocycles. The maximum atomic E-state index is 11.7. The highest BCUT2D eigenvalue weighted by molar-refractivity contribution is 5.76. The lowest BCUT2D eigenvalue weighted by atomic mass is 10.2. The van der Waals surface area contributed by atoms with Crippen LogP contribution in [-0.4, -0.2) is 34.0 Å². The van der Waals surface area contributed by atoms with Gasteiger partial charge in [-0.05, 0) is 24.1 Å². The smallest absolute Gasteiger partial charge is 0.303 e. The summed E-state index contributed by atoms with van der Waals surface area (Å²) in [6, 6.07) is 6.63. The zero-order chi connectivity index (χ0) is 13.5. The molecule has 0 fully saturated rings. The second-order valence-corrected chi connectivity index (χ2v) is 4.16. The lowest BCUT2D eigenvalue weighted by Crippen LogP contribution is -2.25. The standard InChI is InChI=1S/C13H17NO4/c1-14(12(16)3-2-4-13(17)18)9-10-5-7-11(15)8-6-10/h5-8,15H,2-4,9H2,1H3,(H,17,18). The number of benzene rings is 1. The van der Waals surface area contributed by atoms with Gasteiger partial charge in [-0.25, -0.2) is 0 Å². The number of rotatable bonds is 6. The summed E-state index contributed by atoms with van der Waals surface area (Å²) in [5, 5.41) is 17.6. The fourth-order valence-electron chi connectivity index (χ4n) is 1.55. The number of hydrogen-bond donors (Lipinski definition) is 2. The molecule has 0 aliphatic carbocycles. The zero-order valence-electron chi connectivity index (χ0n) is 10.3. The third-order valence-corrected chi connectivity index (χ3v) is 2.56. The predicted molar refractivity (Wildman–Crippen MR) is 66.1 cm³/mol. The van der Waals surface area contributed by atoms with Crippen LogP contribution in [0.5, 0.6) is 5.75 Å². The van der Waals surface area contributed by atoms with Gasteiger partial charge in [0.15, 0.2) is 0 Å². The number of amides is 1. The van der Waals surface area contributed by atoms with Gasteiger partial charge in [0.05, 0.1) is 0 Å². The summed E-state index contributed by atoms with van der Waals surface area (Å²) in [6.45, 7) is 0.451. The van der Waals surface area contributed by atoms with Crippen LogP contribution < -0.4 is 0 Å². The molecule has 0 heterocycles. The molecule has 0 saturated carbocycles. The zero-order valence-corrected chi connectivity index (χ0v) is 10.3. The number of phenols is 1. The van der Waals surface area contributed by atoms with Crippen LogP contribution in [0.3, 0.4) is 0 Å². The Labute approximate surface area is 106 Å². The molecule has 0 radical (unpaired) electrons. The first-order valence-corrected chi connectivity index (χ1v) is 5.72. The molecular formula is C13H17NO4. The van der Waals surface area contributed by atoms with Crippen LogP contribution >= 0.6 is 0 Å². The number of aromatic hydroxyl groups is 1. The summed E-state index contributed by atoms with van der Waals surface area (Å²) < 4.78 is 0. The Hall–Kier alpha value is -2.04. The molecule has 0 unspecified atom stereocenters. The van der Waals surface area contributed by atoms with Crippen molar-refractivity contribution in [3.8, 4) is 5.75 Å². The van der Waals surface area contributed by atoms with Crippen LogP contribution in [0.25, 0.3) is 0 Å². The monoisotopic (exact) mass is 251 g/mol. The van der Waals surface area contributed by atoms with E-state index in [9.17, 15) is 9.59 Å². The SMILES string of the molecule is CN(Cc1ccc(O)cc1)C(=O)CCCC(=O)O. The molecule has 5 nitrogen and oxygen atoms in total. The minimum atomic E-state index is -0.885. The third-order valence-electron chi connectivity index (χ3n) is 2.56. The van der Waals surface area contributed by atoms with E-state index in [-0.39, 0.29) is 24.5 Å². The van der Waals surface area contributed by atoms with Crippen LogP contribution in [0.4, 0.5) is 0 Å². The van der Waals surface area contributed by atoms with Crippen molar-refractivity contribution in [1.29, 1.82) is 0 Å². The van der Waals surface area contributed by atoms with Crippen molar-refractivity contribution in [2.75, 3.05) is 7.05 Å². The first kappa shape index (κ1) is 14.0. The summed E-state index contributed by atoms with van der Waals surface area (Å²) in [6.07, 6.45) is 0.605. The average Bonchev–Trinajstić information content (AvgIpc) is 2.31. The average molecular weight is 251 g/mol. The Bertz CT molecular complexity index is 414. The van der Waals surface area contributed by atoms with E-state index in [1.54, 1.807) is 36.2 Å².